The first-order valence-electron chi connectivity index (χ1n) is 6.95. The fraction of sp³-hybridized carbons (Fsp3) is 0.294. The third-order valence-corrected chi connectivity index (χ3v) is 4.12. The standard InChI is InChI=1S/C17H19BrClNO/c1-3-20-16(10-12-4-7-14(19)8-5-12)15-11-13(18)6-9-17(15)21-2/h4-9,11,16,20H,3,10H2,1-2H3. The smallest absolute Gasteiger partial charge is 0.123 e. The summed E-state index contributed by atoms with van der Waals surface area (Å²) in [6.45, 7) is 3.01. The molecule has 0 aromatic heterocycles. The molecule has 0 aliphatic heterocycles. The Bertz CT molecular complexity index is 586. The van der Waals surface area contributed by atoms with E-state index in [0.29, 0.717) is 0 Å². The van der Waals surface area contributed by atoms with Gasteiger partial charge in [-0.3, -0.25) is 0 Å². The first-order valence-corrected chi connectivity index (χ1v) is 8.12. The first kappa shape index (κ1) is 16.3. The second kappa shape index (κ2) is 7.83. The predicted octanol–water partition coefficient (Wildman–Crippen LogP) is 5.00. The second-order valence-corrected chi connectivity index (χ2v) is 6.18. The van der Waals surface area contributed by atoms with Gasteiger partial charge in [-0.15, -0.1) is 0 Å². The lowest BCUT2D eigenvalue weighted by atomic mass is 9.98. The molecule has 2 nitrogen and oxygen atoms in total. The minimum Gasteiger partial charge on any atom is -0.496 e. The van der Waals surface area contributed by atoms with Crippen molar-refractivity contribution >= 4 is 27.5 Å². The summed E-state index contributed by atoms with van der Waals surface area (Å²) < 4.78 is 6.56. The van der Waals surface area contributed by atoms with E-state index in [1.165, 1.54) is 5.56 Å². The molecule has 1 atom stereocenters. The highest BCUT2D eigenvalue weighted by Gasteiger charge is 2.16. The molecule has 1 unspecified atom stereocenters. The summed E-state index contributed by atoms with van der Waals surface area (Å²) in [6, 6.07) is 14.3. The lowest BCUT2D eigenvalue weighted by Crippen LogP contribution is -2.23. The van der Waals surface area contributed by atoms with Crippen molar-refractivity contribution in [1.82, 2.24) is 5.32 Å². The van der Waals surface area contributed by atoms with E-state index in [1.54, 1.807) is 7.11 Å². The molecule has 1 N–H and O–H groups in total. The highest BCUT2D eigenvalue weighted by molar-refractivity contribution is 9.10. The van der Waals surface area contributed by atoms with Crippen molar-refractivity contribution < 1.29 is 4.74 Å². The number of hydrogen-bond donors (Lipinski definition) is 1. The van der Waals surface area contributed by atoms with E-state index in [0.717, 1.165) is 33.8 Å². The maximum atomic E-state index is 5.95. The van der Waals surface area contributed by atoms with Crippen LogP contribution in [-0.2, 0) is 6.42 Å². The van der Waals surface area contributed by atoms with Gasteiger partial charge in [-0.25, -0.2) is 0 Å². The molecule has 0 bridgehead atoms. The normalized spacial score (nSPS) is 12.2. The Balaban J connectivity index is 2.30. The van der Waals surface area contributed by atoms with Crippen molar-refractivity contribution in [2.24, 2.45) is 0 Å². The largest absolute Gasteiger partial charge is 0.496 e. The first-order chi connectivity index (χ1) is 10.1. The minimum atomic E-state index is 0.198. The summed E-state index contributed by atoms with van der Waals surface area (Å²) in [4.78, 5) is 0. The quantitative estimate of drug-likeness (QED) is 0.774. The topological polar surface area (TPSA) is 21.3 Å². The number of ether oxygens (including phenoxy) is 1. The van der Waals surface area contributed by atoms with Gasteiger partial charge in [0.25, 0.3) is 0 Å². The SMILES string of the molecule is CCNC(Cc1ccc(Cl)cc1)c1cc(Br)ccc1OC. The Morgan fingerprint density at radius 2 is 1.90 bits per heavy atom. The third-order valence-electron chi connectivity index (χ3n) is 3.37. The van der Waals surface area contributed by atoms with Gasteiger partial charge in [-0.2, -0.15) is 0 Å². The molecule has 21 heavy (non-hydrogen) atoms. The fourth-order valence-corrected chi connectivity index (χ4v) is 2.88. The Kier molecular flexibility index (Phi) is 6.09. The maximum Gasteiger partial charge on any atom is 0.123 e. The van der Waals surface area contributed by atoms with E-state index in [9.17, 15) is 0 Å². The van der Waals surface area contributed by atoms with Gasteiger partial charge in [0.05, 0.1) is 7.11 Å². The average molecular weight is 369 g/mol. The van der Waals surface area contributed by atoms with E-state index < -0.39 is 0 Å². The van der Waals surface area contributed by atoms with Gasteiger partial charge in [0, 0.05) is 21.1 Å². The molecule has 0 saturated heterocycles. The van der Waals surface area contributed by atoms with Crippen LogP contribution in [0.5, 0.6) is 5.75 Å². The van der Waals surface area contributed by atoms with E-state index in [4.69, 9.17) is 16.3 Å². The van der Waals surface area contributed by atoms with Gasteiger partial charge in [0.15, 0.2) is 0 Å². The van der Waals surface area contributed by atoms with Gasteiger partial charge < -0.3 is 10.1 Å². The maximum absolute atomic E-state index is 5.95. The Hall–Kier alpha value is -1.03. The zero-order valence-corrected chi connectivity index (χ0v) is 14.5. The zero-order valence-electron chi connectivity index (χ0n) is 12.2. The van der Waals surface area contributed by atoms with Crippen LogP contribution >= 0.6 is 27.5 Å². The molecule has 2 aromatic carbocycles. The van der Waals surface area contributed by atoms with Crippen LogP contribution in [0.2, 0.25) is 5.02 Å². The number of methoxy groups -OCH3 is 1. The van der Waals surface area contributed by atoms with Crippen molar-refractivity contribution in [2.45, 2.75) is 19.4 Å². The number of halogens is 2. The lowest BCUT2D eigenvalue weighted by Gasteiger charge is -2.21. The average Bonchev–Trinajstić information content (AvgIpc) is 2.49. The molecular weight excluding hydrogens is 350 g/mol. The van der Waals surface area contributed by atoms with Crippen molar-refractivity contribution in [3.8, 4) is 5.75 Å². The molecule has 2 aromatic rings. The number of likely N-dealkylation sites (N-methyl/N-ethyl adjacent to an activating group) is 1. The second-order valence-electron chi connectivity index (χ2n) is 4.83. The molecule has 0 amide bonds. The van der Waals surface area contributed by atoms with Crippen LogP contribution < -0.4 is 10.1 Å². The van der Waals surface area contributed by atoms with E-state index in [2.05, 4.69) is 46.4 Å². The van der Waals surface area contributed by atoms with Crippen molar-refractivity contribution in [3.63, 3.8) is 0 Å². The summed E-state index contributed by atoms with van der Waals surface area (Å²) in [5.74, 6) is 0.901. The van der Waals surface area contributed by atoms with Gasteiger partial charge >= 0.3 is 0 Å². The van der Waals surface area contributed by atoms with Crippen molar-refractivity contribution in [3.05, 3.63) is 63.1 Å². The lowest BCUT2D eigenvalue weighted by molar-refractivity contribution is 0.399. The summed E-state index contributed by atoms with van der Waals surface area (Å²) in [7, 11) is 1.71. The molecule has 0 fully saturated rings. The third kappa shape index (κ3) is 4.47. The molecule has 0 aliphatic rings. The molecular formula is C17H19BrClNO. The summed E-state index contributed by atoms with van der Waals surface area (Å²) in [5.41, 5.74) is 2.40. The molecule has 0 spiro atoms. The number of rotatable bonds is 6. The highest BCUT2D eigenvalue weighted by Crippen LogP contribution is 2.30. The van der Waals surface area contributed by atoms with Crippen LogP contribution in [0.1, 0.15) is 24.1 Å². The molecule has 2 rings (SSSR count). The Morgan fingerprint density at radius 3 is 2.52 bits per heavy atom. The molecule has 0 saturated carbocycles. The minimum absolute atomic E-state index is 0.198. The van der Waals surface area contributed by atoms with Crippen LogP contribution in [0, 0.1) is 0 Å². The molecule has 112 valence electrons. The van der Waals surface area contributed by atoms with Crippen LogP contribution in [0.4, 0.5) is 0 Å². The molecule has 0 aliphatic carbocycles. The van der Waals surface area contributed by atoms with Gasteiger partial charge in [0.2, 0.25) is 0 Å². The Labute approximate surface area is 139 Å². The fourth-order valence-electron chi connectivity index (χ4n) is 2.37. The van der Waals surface area contributed by atoms with Crippen LogP contribution in [0.15, 0.2) is 46.9 Å². The highest BCUT2D eigenvalue weighted by atomic mass is 79.9. The van der Waals surface area contributed by atoms with Crippen LogP contribution in [0.25, 0.3) is 0 Å². The Morgan fingerprint density at radius 1 is 1.19 bits per heavy atom. The molecule has 0 heterocycles. The predicted molar refractivity (Wildman–Crippen MR) is 92.3 cm³/mol. The van der Waals surface area contributed by atoms with Crippen LogP contribution in [-0.4, -0.2) is 13.7 Å². The zero-order chi connectivity index (χ0) is 15.2. The number of hydrogen-bond acceptors (Lipinski definition) is 2. The number of benzene rings is 2. The van der Waals surface area contributed by atoms with E-state index >= 15 is 0 Å². The van der Waals surface area contributed by atoms with Crippen molar-refractivity contribution in [1.29, 1.82) is 0 Å². The van der Waals surface area contributed by atoms with Gasteiger partial charge in [0.1, 0.15) is 5.75 Å². The summed E-state index contributed by atoms with van der Waals surface area (Å²) >= 11 is 9.49. The van der Waals surface area contributed by atoms with Crippen molar-refractivity contribution in [2.75, 3.05) is 13.7 Å². The van der Waals surface area contributed by atoms with E-state index in [-0.39, 0.29) is 6.04 Å². The summed E-state index contributed by atoms with van der Waals surface area (Å²) in [5, 5.41) is 4.29. The van der Waals surface area contributed by atoms with E-state index in [1.807, 2.05) is 24.3 Å². The van der Waals surface area contributed by atoms with Gasteiger partial charge in [-0.1, -0.05) is 46.6 Å². The van der Waals surface area contributed by atoms with Gasteiger partial charge in [-0.05, 0) is 48.9 Å². The molecule has 0 radical (unpaired) electrons. The molecule has 4 heteroatoms. The van der Waals surface area contributed by atoms with Crippen LogP contribution in [0.3, 0.4) is 0 Å². The summed E-state index contributed by atoms with van der Waals surface area (Å²) in [6.07, 6.45) is 0.887. The number of nitrogens with one attached hydrogen (secondary N) is 1. The monoisotopic (exact) mass is 367 g/mol.